The molecule has 0 aliphatic heterocycles. The fourth-order valence-electron chi connectivity index (χ4n) is 2.22. The molecule has 0 fully saturated rings. The lowest BCUT2D eigenvalue weighted by atomic mass is 10.3. The molecule has 0 aliphatic rings. The maximum atomic E-state index is 12.6. The standard InChI is InChI=1S/C17H10Cl3N3O6S2/c18-11-5-13(20)14(6-12(11)19)29-8-15(24)22-17-21-7-16(30-17)31(27,28)10-3-1-9(2-4-10)23(25)26/h1-7H,8H2,(H,21,22,24). The second kappa shape index (κ2) is 9.37. The first-order chi connectivity index (χ1) is 14.6. The van der Waals surface area contributed by atoms with Crippen LogP contribution >= 0.6 is 46.1 Å². The summed E-state index contributed by atoms with van der Waals surface area (Å²) in [6, 6.07) is 7.15. The summed E-state index contributed by atoms with van der Waals surface area (Å²) in [6.07, 6.45) is 1.08. The average Bonchev–Trinajstić information content (AvgIpc) is 3.19. The van der Waals surface area contributed by atoms with Gasteiger partial charge in [0.1, 0.15) is 9.96 Å². The van der Waals surface area contributed by atoms with E-state index in [1.807, 2.05) is 0 Å². The van der Waals surface area contributed by atoms with Gasteiger partial charge in [0.05, 0.1) is 31.1 Å². The monoisotopic (exact) mass is 521 g/mol. The van der Waals surface area contributed by atoms with Crippen molar-refractivity contribution >= 4 is 72.7 Å². The molecular formula is C17H10Cl3N3O6S2. The Balaban J connectivity index is 1.67. The zero-order chi connectivity index (χ0) is 22.8. The molecule has 0 spiro atoms. The molecule has 2 aromatic carbocycles. The molecule has 0 saturated heterocycles. The zero-order valence-electron chi connectivity index (χ0n) is 15.0. The van der Waals surface area contributed by atoms with Crippen LogP contribution < -0.4 is 10.1 Å². The Morgan fingerprint density at radius 2 is 1.77 bits per heavy atom. The van der Waals surface area contributed by atoms with Gasteiger partial charge in [0.2, 0.25) is 9.84 Å². The summed E-state index contributed by atoms with van der Waals surface area (Å²) < 4.78 is 30.4. The fraction of sp³-hybridized carbons (Fsp3) is 0.0588. The van der Waals surface area contributed by atoms with Gasteiger partial charge in [-0.25, -0.2) is 13.4 Å². The number of benzene rings is 2. The predicted octanol–water partition coefficient (Wildman–Crippen LogP) is 4.86. The second-order valence-corrected chi connectivity index (χ2v) is 10.2. The van der Waals surface area contributed by atoms with Crippen LogP contribution in [0.5, 0.6) is 5.75 Å². The van der Waals surface area contributed by atoms with Gasteiger partial charge in [0.15, 0.2) is 11.7 Å². The minimum atomic E-state index is -3.96. The number of hydrogen-bond donors (Lipinski definition) is 1. The molecule has 0 aliphatic carbocycles. The van der Waals surface area contributed by atoms with E-state index in [0.717, 1.165) is 41.8 Å². The highest BCUT2D eigenvalue weighted by Crippen LogP contribution is 2.34. The molecule has 14 heteroatoms. The van der Waals surface area contributed by atoms with Gasteiger partial charge in [-0.3, -0.25) is 20.2 Å². The number of rotatable bonds is 7. The van der Waals surface area contributed by atoms with E-state index in [1.54, 1.807) is 0 Å². The quantitative estimate of drug-likeness (QED) is 0.266. The Bertz CT molecular complexity index is 1260. The van der Waals surface area contributed by atoms with Crippen LogP contribution in [0.3, 0.4) is 0 Å². The topological polar surface area (TPSA) is 128 Å². The van der Waals surface area contributed by atoms with Crippen LogP contribution in [-0.2, 0) is 14.6 Å². The highest BCUT2D eigenvalue weighted by atomic mass is 35.5. The largest absolute Gasteiger partial charge is 0.482 e. The van der Waals surface area contributed by atoms with E-state index < -0.39 is 27.3 Å². The Morgan fingerprint density at radius 1 is 1.13 bits per heavy atom. The minimum Gasteiger partial charge on any atom is -0.482 e. The van der Waals surface area contributed by atoms with Crippen molar-refractivity contribution in [3.63, 3.8) is 0 Å². The third kappa shape index (κ3) is 5.43. The molecule has 162 valence electrons. The number of carbonyl (C=O) groups is 1. The van der Waals surface area contributed by atoms with Crippen molar-refractivity contribution in [2.45, 2.75) is 9.10 Å². The van der Waals surface area contributed by atoms with E-state index >= 15 is 0 Å². The summed E-state index contributed by atoms with van der Waals surface area (Å²) >= 11 is 18.4. The highest BCUT2D eigenvalue weighted by molar-refractivity contribution is 7.93. The number of thiazole rings is 1. The van der Waals surface area contributed by atoms with Crippen molar-refractivity contribution in [3.8, 4) is 5.75 Å². The zero-order valence-corrected chi connectivity index (χ0v) is 18.9. The number of halogens is 3. The van der Waals surface area contributed by atoms with Crippen molar-refractivity contribution in [3.05, 3.63) is 67.8 Å². The Labute approximate surface area is 194 Å². The summed E-state index contributed by atoms with van der Waals surface area (Å²) in [5.74, 6) is -0.470. The molecule has 1 aromatic heterocycles. The van der Waals surface area contributed by atoms with Crippen LogP contribution in [0.25, 0.3) is 0 Å². The van der Waals surface area contributed by atoms with Gasteiger partial charge in [-0.1, -0.05) is 46.1 Å². The maximum absolute atomic E-state index is 12.6. The predicted molar refractivity (Wildman–Crippen MR) is 116 cm³/mol. The third-order valence-corrected chi connectivity index (χ3v) is 7.85. The molecule has 1 amide bonds. The first-order valence-corrected chi connectivity index (χ1v) is 11.5. The SMILES string of the molecule is O=C(COc1cc(Cl)c(Cl)cc1Cl)Nc1ncc(S(=O)(=O)c2ccc([N+](=O)[O-])cc2)s1. The number of nitro groups is 1. The van der Waals surface area contributed by atoms with Crippen molar-refractivity contribution in [2.24, 2.45) is 0 Å². The van der Waals surface area contributed by atoms with Gasteiger partial charge >= 0.3 is 0 Å². The Morgan fingerprint density at radius 3 is 2.42 bits per heavy atom. The number of hydrogen-bond acceptors (Lipinski definition) is 8. The van der Waals surface area contributed by atoms with Crippen molar-refractivity contribution in [1.29, 1.82) is 0 Å². The van der Waals surface area contributed by atoms with Gasteiger partial charge in [-0.15, -0.1) is 0 Å². The summed E-state index contributed by atoms with van der Waals surface area (Å²) in [6.45, 7) is -0.443. The minimum absolute atomic E-state index is 0.0225. The number of aromatic nitrogens is 1. The van der Waals surface area contributed by atoms with E-state index in [-0.39, 0.29) is 40.7 Å². The van der Waals surface area contributed by atoms with Crippen LogP contribution in [0, 0.1) is 10.1 Å². The Kier molecular flexibility index (Phi) is 7.02. The summed E-state index contributed by atoms with van der Waals surface area (Å²) in [5.41, 5.74) is -0.238. The summed E-state index contributed by atoms with van der Waals surface area (Å²) in [4.78, 5) is 25.9. The van der Waals surface area contributed by atoms with Gasteiger partial charge in [-0.2, -0.15) is 0 Å². The molecular weight excluding hydrogens is 513 g/mol. The number of non-ortho nitro benzene ring substituents is 1. The smallest absolute Gasteiger partial charge is 0.269 e. The van der Waals surface area contributed by atoms with Crippen LogP contribution in [0.2, 0.25) is 15.1 Å². The van der Waals surface area contributed by atoms with Gasteiger partial charge < -0.3 is 4.74 Å². The van der Waals surface area contributed by atoms with Gasteiger partial charge in [-0.05, 0) is 18.2 Å². The molecule has 1 heterocycles. The molecule has 31 heavy (non-hydrogen) atoms. The third-order valence-electron chi connectivity index (χ3n) is 3.69. The second-order valence-electron chi connectivity index (χ2n) is 5.77. The van der Waals surface area contributed by atoms with Crippen molar-refractivity contribution in [1.82, 2.24) is 4.98 Å². The lowest BCUT2D eigenvalue weighted by molar-refractivity contribution is -0.384. The first kappa shape index (κ1) is 23.2. The number of amides is 1. The number of ether oxygens (including phenoxy) is 1. The number of nitrogens with one attached hydrogen (secondary N) is 1. The van der Waals surface area contributed by atoms with Gasteiger partial charge in [0.25, 0.3) is 11.6 Å². The Hall–Kier alpha value is -2.44. The van der Waals surface area contributed by atoms with Crippen LogP contribution in [0.15, 0.2) is 51.7 Å². The normalized spacial score (nSPS) is 11.2. The number of carbonyl (C=O) groups excluding carboxylic acids is 1. The van der Waals surface area contributed by atoms with Crippen LogP contribution in [0.1, 0.15) is 0 Å². The van der Waals surface area contributed by atoms with Gasteiger partial charge in [0, 0.05) is 18.2 Å². The molecule has 3 aromatic rings. The first-order valence-electron chi connectivity index (χ1n) is 8.10. The summed E-state index contributed by atoms with van der Waals surface area (Å²) in [7, 11) is -3.96. The van der Waals surface area contributed by atoms with E-state index in [1.165, 1.54) is 12.1 Å². The average molecular weight is 523 g/mol. The van der Waals surface area contributed by atoms with E-state index in [2.05, 4.69) is 10.3 Å². The molecule has 0 saturated carbocycles. The molecule has 1 N–H and O–H groups in total. The lowest BCUT2D eigenvalue weighted by Gasteiger charge is -2.08. The van der Waals surface area contributed by atoms with Crippen LogP contribution in [-0.4, -0.2) is 30.8 Å². The number of sulfone groups is 1. The highest BCUT2D eigenvalue weighted by Gasteiger charge is 2.22. The van der Waals surface area contributed by atoms with E-state index in [9.17, 15) is 23.3 Å². The van der Waals surface area contributed by atoms with Crippen molar-refractivity contribution in [2.75, 3.05) is 11.9 Å². The lowest BCUT2D eigenvalue weighted by Crippen LogP contribution is -2.20. The number of anilines is 1. The maximum Gasteiger partial charge on any atom is 0.269 e. The number of nitrogens with zero attached hydrogens (tertiary/aromatic N) is 2. The molecule has 0 bridgehead atoms. The molecule has 0 atom stereocenters. The summed E-state index contributed by atoms with van der Waals surface area (Å²) in [5, 5.41) is 13.7. The molecule has 0 unspecified atom stereocenters. The molecule has 3 rings (SSSR count). The van der Waals surface area contributed by atoms with Crippen LogP contribution in [0.4, 0.5) is 10.8 Å². The van der Waals surface area contributed by atoms with E-state index in [4.69, 9.17) is 39.5 Å². The molecule has 0 radical (unpaired) electrons. The van der Waals surface area contributed by atoms with E-state index in [0.29, 0.717) is 0 Å². The fourth-order valence-corrected chi connectivity index (χ4v) is 5.26. The van der Waals surface area contributed by atoms with Crippen molar-refractivity contribution < 1.29 is 22.9 Å². The molecule has 9 nitrogen and oxygen atoms in total. The number of nitro benzene ring substituents is 1.